The van der Waals surface area contributed by atoms with E-state index >= 15 is 0 Å². The van der Waals surface area contributed by atoms with Gasteiger partial charge in [0.15, 0.2) is 11.6 Å². The summed E-state index contributed by atoms with van der Waals surface area (Å²) in [7, 11) is 1.49. The van der Waals surface area contributed by atoms with Gasteiger partial charge in [0.05, 0.1) is 7.11 Å². The molecule has 0 spiro atoms. The van der Waals surface area contributed by atoms with E-state index in [0.29, 0.717) is 17.7 Å². The molecule has 1 aromatic carbocycles. The summed E-state index contributed by atoms with van der Waals surface area (Å²) >= 11 is 0. The van der Waals surface area contributed by atoms with Gasteiger partial charge in [0.1, 0.15) is 0 Å². The zero-order valence-electron chi connectivity index (χ0n) is 11.4. The van der Waals surface area contributed by atoms with Crippen molar-refractivity contribution in [3.63, 3.8) is 0 Å². The van der Waals surface area contributed by atoms with Gasteiger partial charge in [0.25, 0.3) is 0 Å². The van der Waals surface area contributed by atoms with E-state index in [9.17, 15) is 4.39 Å². The topological polar surface area (TPSA) is 21.3 Å². The summed E-state index contributed by atoms with van der Waals surface area (Å²) in [5, 5.41) is 3.59. The second-order valence-electron chi connectivity index (χ2n) is 5.38. The number of benzene rings is 1. The summed E-state index contributed by atoms with van der Waals surface area (Å²) in [5.41, 5.74) is 1.03. The standard InChI is InChI=1S/C15H22FNO/c1-10(11(2)17-13-5-6-13)8-12-4-7-15(18-3)14(16)9-12/h4,7,9-11,13,17H,5-6,8H2,1-3H3. The van der Waals surface area contributed by atoms with Crippen LogP contribution in [-0.4, -0.2) is 19.2 Å². The van der Waals surface area contributed by atoms with Crippen LogP contribution < -0.4 is 10.1 Å². The molecule has 100 valence electrons. The molecule has 1 saturated carbocycles. The maximum atomic E-state index is 13.6. The quantitative estimate of drug-likeness (QED) is 0.838. The van der Waals surface area contributed by atoms with Crippen molar-refractivity contribution in [1.82, 2.24) is 5.32 Å². The lowest BCUT2D eigenvalue weighted by Crippen LogP contribution is -2.34. The summed E-state index contributed by atoms with van der Waals surface area (Å²) in [6, 6.07) is 6.43. The average molecular weight is 251 g/mol. The van der Waals surface area contributed by atoms with Crippen LogP contribution in [0.15, 0.2) is 18.2 Å². The van der Waals surface area contributed by atoms with Crippen molar-refractivity contribution in [3.05, 3.63) is 29.6 Å². The van der Waals surface area contributed by atoms with Gasteiger partial charge in [-0.1, -0.05) is 13.0 Å². The molecule has 18 heavy (non-hydrogen) atoms. The molecule has 2 atom stereocenters. The van der Waals surface area contributed by atoms with Gasteiger partial charge in [-0.05, 0) is 49.8 Å². The van der Waals surface area contributed by atoms with Crippen LogP contribution in [0.3, 0.4) is 0 Å². The molecule has 1 aliphatic rings. The van der Waals surface area contributed by atoms with E-state index in [4.69, 9.17) is 4.74 Å². The molecule has 3 heteroatoms. The van der Waals surface area contributed by atoms with Crippen molar-refractivity contribution in [2.45, 2.75) is 45.2 Å². The minimum Gasteiger partial charge on any atom is -0.494 e. The van der Waals surface area contributed by atoms with Crippen molar-refractivity contribution >= 4 is 0 Å². The molecule has 0 saturated heterocycles. The molecule has 1 N–H and O–H groups in total. The van der Waals surface area contributed by atoms with Crippen LogP contribution in [0.1, 0.15) is 32.3 Å². The van der Waals surface area contributed by atoms with E-state index in [1.165, 1.54) is 20.0 Å². The first-order chi connectivity index (χ1) is 8.60. The van der Waals surface area contributed by atoms with Gasteiger partial charge < -0.3 is 10.1 Å². The van der Waals surface area contributed by atoms with Gasteiger partial charge in [-0.3, -0.25) is 0 Å². The molecule has 1 aliphatic carbocycles. The zero-order valence-corrected chi connectivity index (χ0v) is 11.4. The number of rotatable bonds is 6. The van der Waals surface area contributed by atoms with Gasteiger partial charge in [0, 0.05) is 12.1 Å². The Labute approximate surface area is 109 Å². The highest BCUT2D eigenvalue weighted by atomic mass is 19.1. The number of methoxy groups -OCH3 is 1. The van der Waals surface area contributed by atoms with Gasteiger partial charge in [-0.25, -0.2) is 4.39 Å². The van der Waals surface area contributed by atoms with Crippen molar-refractivity contribution in [1.29, 1.82) is 0 Å². The number of hydrogen-bond donors (Lipinski definition) is 1. The van der Waals surface area contributed by atoms with Crippen LogP contribution in [0.25, 0.3) is 0 Å². The van der Waals surface area contributed by atoms with Crippen LogP contribution in [0.2, 0.25) is 0 Å². The van der Waals surface area contributed by atoms with Crippen LogP contribution in [-0.2, 0) is 6.42 Å². The molecule has 1 aromatic rings. The molecular formula is C15H22FNO. The van der Waals surface area contributed by atoms with E-state index in [1.807, 2.05) is 6.07 Å². The Morgan fingerprint density at radius 1 is 1.39 bits per heavy atom. The summed E-state index contributed by atoms with van der Waals surface area (Å²) in [5.74, 6) is 0.541. The maximum absolute atomic E-state index is 13.6. The fraction of sp³-hybridized carbons (Fsp3) is 0.600. The molecule has 0 amide bonds. The Balaban J connectivity index is 1.92. The van der Waals surface area contributed by atoms with E-state index in [1.54, 1.807) is 12.1 Å². The molecule has 0 heterocycles. The molecule has 0 aromatic heterocycles. The smallest absolute Gasteiger partial charge is 0.165 e. The Bertz CT molecular complexity index is 403. The highest BCUT2D eigenvalue weighted by molar-refractivity contribution is 5.29. The van der Waals surface area contributed by atoms with E-state index in [2.05, 4.69) is 19.2 Å². The minimum atomic E-state index is -0.273. The van der Waals surface area contributed by atoms with Gasteiger partial charge in [0.2, 0.25) is 0 Å². The zero-order chi connectivity index (χ0) is 13.1. The van der Waals surface area contributed by atoms with E-state index in [0.717, 1.165) is 18.0 Å². The van der Waals surface area contributed by atoms with Gasteiger partial charge in [-0.15, -0.1) is 0 Å². The van der Waals surface area contributed by atoms with Crippen LogP contribution in [0.5, 0.6) is 5.75 Å². The van der Waals surface area contributed by atoms with Crippen molar-refractivity contribution in [3.8, 4) is 5.75 Å². The van der Waals surface area contributed by atoms with Gasteiger partial charge >= 0.3 is 0 Å². The number of ether oxygens (including phenoxy) is 1. The third-order valence-corrected chi connectivity index (χ3v) is 3.70. The minimum absolute atomic E-state index is 0.273. The molecular weight excluding hydrogens is 229 g/mol. The predicted octanol–water partition coefficient (Wildman–Crippen LogP) is 3.15. The first-order valence-corrected chi connectivity index (χ1v) is 6.68. The van der Waals surface area contributed by atoms with Gasteiger partial charge in [-0.2, -0.15) is 0 Å². The van der Waals surface area contributed by atoms with Crippen molar-refractivity contribution in [2.75, 3.05) is 7.11 Å². The van der Waals surface area contributed by atoms with E-state index < -0.39 is 0 Å². The summed E-state index contributed by atoms with van der Waals surface area (Å²) in [6.07, 6.45) is 3.49. The third kappa shape index (κ3) is 3.45. The first kappa shape index (κ1) is 13.3. The molecule has 0 bridgehead atoms. The Hall–Kier alpha value is -1.09. The lowest BCUT2D eigenvalue weighted by atomic mass is 9.94. The first-order valence-electron chi connectivity index (χ1n) is 6.68. The second-order valence-corrected chi connectivity index (χ2v) is 5.38. The fourth-order valence-corrected chi connectivity index (χ4v) is 2.17. The molecule has 2 unspecified atom stereocenters. The maximum Gasteiger partial charge on any atom is 0.165 e. The largest absolute Gasteiger partial charge is 0.494 e. The Morgan fingerprint density at radius 2 is 2.11 bits per heavy atom. The molecule has 2 rings (SSSR count). The molecule has 2 nitrogen and oxygen atoms in total. The monoisotopic (exact) mass is 251 g/mol. The lowest BCUT2D eigenvalue weighted by molar-refractivity contribution is 0.382. The number of nitrogens with one attached hydrogen (secondary N) is 1. The summed E-state index contributed by atoms with van der Waals surface area (Å²) in [6.45, 7) is 4.42. The second kappa shape index (κ2) is 5.70. The Kier molecular flexibility index (Phi) is 4.23. The Morgan fingerprint density at radius 3 is 2.67 bits per heavy atom. The molecule has 0 radical (unpaired) electrons. The van der Waals surface area contributed by atoms with Crippen LogP contribution in [0, 0.1) is 11.7 Å². The lowest BCUT2D eigenvalue weighted by Gasteiger charge is -2.21. The fourth-order valence-electron chi connectivity index (χ4n) is 2.17. The average Bonchev–Trinajstić information content (AvgIpc) is 3.13. The SMILES string of the molecule is COc1ccc(CC(C)C(C)NC2CC2)cc1F. The third-order valence-electron chi connectivity index (χ3n) is 3.70. The summed E-state index contributed by atoms with van der Waals surface area (Å²) < 4.78 is 18.5. The number of halogens is 1. The molecule has 1 fully saturated rings. The van der Waals surface area contributed by atoms with Crippen LogP contribution >= 0.6 is 0 Å². The summed E-state index contributed by atoms with van der Waals surface area (Å²) in [4.78, 5) is 0. The normalized spacial score (nSPS) is 18.4. The van der Waals surface area contributed by atoms with Crippen LogP contribution in [0.4, 0.5) is 4.39 Å². The van der Waals surface area contributed by atoms with E-state index in [-0.39, 0.29) is 5.82 Å². The van der Waals surface area contributed by atoms with Crippen molar-refractivity contribution < 1.29 is 9.13 Å². The number of hydrogen-bond acceptors (Lipinski definition) is 2. The van der Waals surface area contributed by atoms with Crippen molar-refractivity contribution in [2.24, 2.45) is 5.92 Å². The highest BCUT2D eigenvalue weighted by Crippen LogP contribution is 2.23. The predicted molar refractivity (Wildman–Crippen MR) is 71.4 cm³/mol. The highest BCUT2D eigenvalue weighted by Gasteiger charge is 2.25. The molecule has 0 aliphatic heterocycles.